The van der Waals surface area contributed by atoms with Gasteiger partial charge in [0.2, 0.25) is 11.2 Å². The van der Waals surface area contributed by atoms with Crippen molar-refractivity contribution in [2.24, 2.45) is 0 Å². The van der Waals surface area contributed by atoms with E-state index in [9.17, 15) is 4.79 Å². The highest BCUT2D eigenvalue weighted by Crippen LogP contribution is 2.30. The number of nitrogens with zero attached hydrogens (tertiary/aromatic N) is 3. The number of hydrogen-bond donors (Lipinski definition) is 0. The van der Waals surface area contributed by atoms with E-state index in [0.717, 1.165) is 17.7 Å². The van der Waals surface area contributed by atoms with Crippen LogP contribution in [0.15, 0.2) is 42.7 Å². The highest BCUT2D eigenvalue weighted by molar-refractivity contribution is 6.33. The number of halogens is 2. The third kappa shape index (κ3) is 2.91. The summed E-state index contributed by atoms with van der Waals surface area (Å²) in [5, 5.41) is 0.547. The lowest BCUT2D eigenvalue weighted by Crippen LogP contribution is -2.27. The maximum Gasteiger partial charge on any atom is 0.231 e. The molecule has 1 aliphatic heterocycles. The summed E-state index contributed by atoms with van der Waals surface area (Å²) >= 11 is 11.9. The molecule has 0 bridgehead atoms. The lowest BCUT2D eigenvalue weighted by Gasteiger charge is -2.22. The molecule has 1 aromatic carbocycles. The van der Waals surface area contributed by atoms with Crippen LogP contribution in [0.3, 0.4) is 0 Å². The van der Waals surface area contributed by atoms with Crippen molar-refractivity contribution >= 4 is 34.8 Å². The molecule has 106 valence electrons. The van der Waals surface area contributed by atoms with E-state index in [2.05, 4.69) is 9.97 Å². The molecule has 0 atom stereocenters. The summed E-state index contributed by atoms with van der Waals surface area (Å²) < 4.78 is 0. The predicted molar refractivity (Wildman–Crippen MR) is 83.3 cm³/mol. The standard InChI is InChI=1S/C15H11Cl2N3O/c16-12-9-18-15(17)19-14(12)10-4-3-5-11(8-10)20-7-2-1-6-13(20)21/h2-5,7-9H,1,6H2. The first-order valence-electron chi connectivity index (χ1n) is 6.42. The van der Waals surface area contributed by atoms with E-state index in [1.165, 1.54) is 6.20 Å². The number of amides is 1. The largest absolute Gasteiger partial charge is 0.288 e. The number of rotatable bonds is 2. The molecule has 1 amide bonds. The Morgan fingerprint density at radius 2 is 2.10 bits per heavy atom. The Morgan fingerprint density at radius 1 is 1.24 bits per heavy atom. The summed E-state index contributed by atoms with van der Waals surface area (Å²) in [5.41, 5.74) is 2.11. The monoisotopic (exact) mass is 319 g/mol. The number of allylic oxidation sites excluding steroid dienone is 1. The van der Waals surface area contributed by atoms with Crippen LogP contribution in [0.4, 0.5) is 5.69 Å². The number of hydrogen-bond acceptors (Lipinski definition) is 3. The Kier molecular flexibility index (Phi) is 3.90. The SMILES string of the molecule is O=C1CCC=CN1c1cccc(-c2nc(Cl)ncc2Cl)c1. The Labute approximate surface area is 132 Å². The maximum atomic E-state index is 12.0. The zero-order valence-corrected chi connectivity index (χ0v) is 12.5. The van der Waals surface area contributed by atoms with Gasteiger partial charge in [0, 0.05) is 23.9 Å². The van der Waals surface area contributed by atoms with Gasteiger partial charge in [-0.25, -0.2) is 9.97 Å². The second-order valence-electron chi connectivity index (χ2n) is 4.57. The first-order chi connectivity index (χ1) is 10.1. The lowest BCUT2D eigenvalue weighted by molar-refractivity contribution is -0.118. The molecule has 0 saturated heterocycles. The van der Waals surface area contributed by atoms with Gasteiger partial charge in [-0.3, -0.25) is 9.69 Å². The van der Waals surface area contributed by atoms with Gasteiger partial charge in [0.05, 0.1) is 16.9 Å². The molecular weight excluding hydrogens is 309 g/mol. The predicted octanol–water partition coefficient (Wildman–Crippen LogP) is 4.09. The van der Waals surface area contributed by atoms with Crippen LogP contribution in [-0.2, 0) is 4.79 Å². The molecule has 0 aliphatic carbocycles. The molecule has 6 heteroatoms. The summed E-state index contributed by atoms with van der Waals surface area (Å²) in [6.07, 6.45) is 6.52. The Morgan fingerprint density at radius 3 is 2.90 bits per heavy atom. The van der Waals surface area contributed by atoms with Gasteiger partial charge in [0.25, 0.3) is 0 Å². The average molecular weight is 320 g/mol. The van der Waals surface area contributed by atoms with Crippen LogP contribution in [-0.4, -0.2) is 15.9 Å². The third-order valence-electron chi connectivity index (χ3n) is 3.16. The van der Waals surface area contributed by atoms with Crippen LogP contribution in [0.2, 0.25) is 10.3 Å². The Hall–Kier alpha value is -1.91. The number of anilines is 1. The van der Waals surface area contributed by atoms with Gasteiger partial charge < -0.3 is 0 Å². The van der Waals surface area contributed by atoms with Crippen LogP contribution >= 0.6 is 23.2 Å². The van der Waals surface area contributed by atoms with E-state index < -0.39 is 0 Å². The Balaban J connectivity index is 2.04. The molecule has 0 unspecified atom stereocenters. The summed E-state index contributed by atoms with van der Waals surface area (Å²) in [4.78, 5) is 21.6. The van der Waals surface area contributed by atoms with Gasteiger partial charge in [0.15, 0.2) is 0 Å². The lowest BCUT2D eigenvalue weighted by atomic mass is 10.1. The van der Waals surface area contributed by atoms with E-state index in [1.54, 1.807) is 11.1 Å². The highest BCUT2D eigenvalue weighted by Gasteiger charge is 2.17. The van der Waals surface area contributed by atoms with Crippen molar-refractivity contribution in [1.82, 2.24) is 9.97 Å². The molecule has 4 nitrogen and oxygen atoms in total. The van der Waals surface area contributed by atoms with Crippen LogP contribution < -0.4 is 4.90 Å². The quantitative estimate of drug-likeness (QED) is 0.783. The Bertz CT molecular complexity index is 731. The highest BCUT2D eigenvalue weighted by atomic mass is 35.5. The zero-order chi connectivity index (χ0) is 14.8. The molecule has 0 saturated carbocycles. The van der Waals surface area contributed by atoms with Crippen LogP contribution in [0, 0.1) is 0 Å². The molecule has 3 rings (SSSR count). The molecule has 0 fully saturated rings. The van der Waals surface area contributed by atoms with Crippen LogP contribution in [0.1, 0.15) is 12.8 Å². The zero-order valence-electron chi connectivity index (χ0n) is 11.0. The molecule has 2 heterocycles. The second kappa shape index (κ2) is 5.84. The van der Waals surface area contributed by atoms with E-state index in [0.29, 0.717) is 17.1 Å². The van der Waals surface area contributed by atoms with E-state index in [1.807, 2.05) is 30.3 Å². The van der Waals surface area contributed by atoms with Crippen LogP contribution in [0.5, 0.6) is 0 Å². The van der Waals surface area contributed by atoms with Crippen LogP contribution in [0.25, 0.3) is 11.3 Å². The fraction of sp³-hybridized carbons (Fsp3) is 0.133. The summed E-state index contributed by atoms with van der Waals surface area (Å²) in [6.45, 7) is 0. The van der Waals surface area contributed by atoms with Crippen molar-refractivity contribution in [2.45, 2.75) is 12.8 Å². The molecule has 1 aliphatic rings. The molecule has 1 aromatic heterocycles. The number of benzene rings is 1. The summed E-state index contributed by atoms with van der Waals surface area (Å²) in [7, 11) is 0. The van der Waals surface area contributed by atoms with Gasteiger partial charge in [0.1, 0.15) is 0 Å². The van der Waals surface area contributed by atoms with Gasteiger partial charge in [-0.1, -0.05) is 29.8 Å². The minimum absolute atomic E-state index is 0.0708. The molecule has 21 heavy (non-hydrogen) atoms. The van der Waals surface area contributed by atoms with Gasteiger partial charge in [-0.15, -0.1) is 0 Å². The van der Waals surface area contributed by atoms with Gasteiger partial charge in [-0.2, -0.15) is 0 Å². The van der Waals surface area contributed by atoms with Crippen molar-refractivity contribution in [2.75, 3.05) is 4.90 Å². The summed E-state index contributed by atoms with van der Waals surface area (Å²) in [6, 6.07) is 7.45. The smallest absolute Gasteiger partial charge is 0.231 e. The number of aromatic nitrogens is 2. The minimum atomic E-state index is 0.0708. The van der Waals surface area contributed by atoms with E-state index in [-0.39, 0.29) is 11.2 Å². The molecule has 0 spiro atoms. The van der Waals surface area contributed by atoms with Gasteiger partial charge in [-0.05, 0) is 30.2 Å². The number of carbonyl (C=O) groups is 1. The molecular formula is C15H11Cl2N3O. The van der Waals surface area contributed by atoms with Crippen molar-refractivity contribution in [3.8, 4) is 11.3 Å². The first-order valence-corrected chi connectivity index (χ1v) is 7.18. The number of carbonyl (C=O) groups excluding carboxylic acids is 1. The van der Waals surface area contributed by atoms with E-state index >= 15 is 0 Å². The first kappa shape index (κ1) is 14.0. The summed E-state index contributed by atoms with van der Waals surface area (Å²) in [5.74, 6) is 0.0708. The van der Waals surface area contributed by atoms with Gasteiger partial charge >= 0.3 is 0 Å². The maximum absolute atomic E-state index is 12.0. The van der Waals surface area contributed by atoms with Crippen molar-refractivity contribution in [1.29, 1.82) is 0 Å². The van der Waals surface area contributed by atoms with Crippen molar-refractivity contribution in [3.63, 3.8) is 0 Å². The molecule has 0 N–H and O–H groups in total. The third-order valence-corrected chi connectivity index (χ3v) is 3.62. The molecule has 2 aromatic rings. The molecule has 0 radical (unpaired) electrons. The van der Waals surface area contributed by atoms with Crippen molar-refractivity contribution < 1.29 is 4.79 Å². The fourth-order valence-electron chi connectivity index (χ4n) is 2.17. The average Bonchev–Trinajstić information content (AvgIpc) is 2.50. The topological polar surface area (TPSA) is 46.1 Å². The second-order valence-corrected chi connectivity index (χ2v) is 5.32. The normalized spacial score (nSPS) is 14.6. The fourth-order valence-corrected chi connectivity index (χ4v) is 2.50. The van der Waals surface area contributed by atoms with E-state index in [4.69, 9.17) is 23.2 Å². The minimum Gasteiger partial charge on any atom is -0.288 e. The van der Waals surface area contributed by atoms with Crippen molar-refractivity contribution in [3.05, 3.63) is 53.0 Å².